The maximum atomic E-state index is 2.75. The van der Waals surface area contributed by atoms with Crippen molar-refractivity contribution in [1.29, 1.82) is 0 Å². The molecule has 2 heterocycles. The van der Waals surface area contributed by atoms with E-state index >= 15 is 0 Å². The van der Waals surface area contributed by atoms with Gasteiger partial charge in [-0.05, 0) is 61.8 Å². The largest absolute Gasteiger partial charge is 0.372 e. The molecule has 1 aromatic rings. The van der Waals surface area contributed by atoms with Crippen molar-refractivity contribution in [2.75, 3.05) is 24.5 Å². The van der Waals surface area contributed by atoms with Gasteiger partial charge in [-0.1, -0.05) is 18.9 Å². The van der Waals surface area contributed by atoms with Crippen molar-refractivity contribution in [1.82, 2.24) is 4.90 Å². The third kappa shape index (κ3) is 2.83. The van der Waals surface area contributed by atoms with Crippen molar-refractivity contribution in [2.45, 2.75) is 64.0 Å². The van der Waals surface area contributed by atoms with Gasteiger partial charge in [0.15, 0.2) is 0 Å². The van der Waals surface area contributed by atoms with Gasteiger partial charge in [0.25, 0.3) is 0 Å². The van der Waals surface area contributed by atoms with Crippen LogP contribution in [-0.2, 0) is 13.0 Å². The highest BCUT2D eigenvalue weighted by Crippen LogP contribution is 2.31. The van der Waals surface area contributed by atoms with E-state index in [1.54, 1.807) is 11.1 Å². The molecule has 1 saturated heterocycles. The van der Waals surface area contributed by atoms with Crippen molar-refractivity contribution in [3.05, 3.63) is 29.3 Å². The Morgan fingerprint density at radius 1 is 0.810 bits per heavy atom. The highest BCUT2D eigenvalue weighted by atomic mass is 15.2. The van der Waals surface area contributed by atoms with Crippen LogP contribution < -0.4 is 4.90 Å². The SMILES string of the molecule is c1cc2c(cc1N1CCCCC1)CCN(C1CCCC1)C2. The zero-order chi connectivity index (χ0) is 14.1. The molecule has 1 aromatic carbocycles. The summed E-state index contributed by atoms with van der Waals surface area (Å²) in [6.07, 6.45) is 11.2. The summed E-state index contributed by atoms with van der Waals surface area (Å²) in [5.74, 6) is 0. The Morgan fingerprint density at radius 3 is 2.43 bits per heavy atom. The number of piperidine rings is 1. The van der Waals surface area contributed by atoms with Gasteiger partial charge in [0, 0.05) is 37.9 Å². The average Bonchev–Trinajstić information content (AvgIpc) is 3.09. The lowest BCUT2D eigenvalue weighted by molar-refractivity contribution is 0.181. The first-order valence-corrected chi connectivity index (χ1v) is 9.01. The van der Waals surface area contributed by atoms with Crippen LogP contribution in [-0.4, -0.2) is 30.6 Å². The van der Waals surface area contributed by atoms with E-state index in [4.69, 9.17) is 0 Å². The van der Waals surface area contributed by atoms with E-state index in [0.717, 1.165) is 6.04 Å². The van der Waals surface area contributed by atoms with E-state index in [-0.39, 0.29) is 0 Å². The third-order valence-corrected chi connectivity index (χ3v) is 5.79. The van der Waals surface area contributed by atoms with Crippen molar-refractivity contribution < 1.29 is 0 Å². The predicted molar refractivity (Wildman–Crippen MR) is 88.9 cm³/mol. The maximum Gasteiger partial charge on any atom is 0.0369 e. The van der Waals surface area contributed by atoms with E-state index in [1.165, 1.54) is 83.2 Å². The van der Waals surface area contributed by atoms with Gasteiger partial charge in [0.1, 0.15) is 0 Å². The van der Waals surface area contributed by atoms with Gasteiger partial charge >= 0.3 is 0 Å². The summed E-state index contributed by atoms with van der Waals surface area (Å²) in [7, 11) is 0. The molecule has 0 amide bonds. The smallest absolute Gasteiger partial charge is 0.0369 e. The summed E-state index contributed by atoms with van der Waals surface area (Å²) in [4.78, 5) is 5.34. The Bertz CT molecular complexity index is 484. The normalized spacial score (nSPS) is 24.3. The molecule has 0 atom stereocenters. The minimum Gasteiger partial charge on any atom is -0.372 e. The summed E-state index contributed by atoms with van der Waals surface area (Å²) in [5.41, 5.74) is 4.68. The molecule has 4 rings (SSSR count). The quantitative estimate of drug-likeness (QED) is 0.810. The molecule has 0 N–H and O–H groups in total. The minimum absolute atomic E-state index is 0.875. The second kappa shape index (κ2) is 6.00. The Kier molecular flexibility index (Phi) is 3.89. The van der Waals surface area contributed by atoms with Crippen LogP contribution in [0.2, 0.25) is 0 Å². The van der Waals surface area contributed by atoms with E-state index in [2.05, 4.69) is 28.0 Å². The van der Waals surface area contributed by atoms with Crippen LogP contribution in [0.15, 0.2) is 18.2 Å². The lowest BCUT2D eigenvalue weighted by Crippen LogP contribution is -2.38. The van der Waals surface area contributed by atoms with Gasteiger partial charge < -0.3 is 4.90 Å². The topological polar surface area (TPSA) is 6.48 Å². The molecular formula is C19H28N2. The Hall–Kier alpha value is -1.02. The lowest BCUT2D eigenvalue weighted by atomic mass is 9.96. The van der Waals surface area contributed by atoms with Gasteiger partial charge in [-0.3, -0.25) is 4.90 Å². The molecule has 0 unspecified atom stereocenters. The van der Waals surface area contributed by atoms with Gasteiger partial charge in [0.05, 0.1) is 0 Å². The monoisotopic (exact) mass is 284 g/mol. The van der Waals surface area contributed by atoms with E-state index in [9.17, 15) is 0 Å². The number of anilines is 1. The molecule has 0 radical (unpaired) electrons. The number of rotatable bonds is 2. The van der Waals surface area contributed by atoms with E-state index < -0.39 is 0 Å². The van der Waals surface area contributed by atoms with Gasteiger partial charge in [-0.15, -0.1) is 0 Å². The molecule has 0 bridgehead atoms. The van der Waals surface area contributed by atoms with Crippen molar-refractivity contribution >= 4 is 5.69 Å². The van der Waals surface area contributed by atoms with E-state index in [0.29, 0.717) is 0 Å². The van der Waals surface area contributed by atoms with Gasteiger partial charge in [-0.25, -0.2) is 0 Å². The molecule has 2 nitrogen and oxygen atoms in total. The minimum atomic E-state index is 0.875. The Morgan fingerprint density at radius 2 is 1.62 bits per heavy atom. The zero-order valence-corrected chi connectivity index (χ0v) is 13.2. The molecule has 0 spiro atoms. The fourth-order valence-corrected chi connectivity index (χ4v) is 4.49. The maximum absolute atomic E-state index is 2.75. The lowest BCUT2D eigenvalue weighted by Gasteiger charge is -2.35. The number of hydrogen-bond donors (Lipinski definition) is 0. The summed E-state index contributed by atoms with van der Waals surface area (Å²) < 4.78 is 0. The van der Waals surface area contributed by atoms with E-state index in [1.807, 2.05) is 0 Å². The summed E-state index contributed by atoms with van der Waals surface area (Å²) in [6, 6.07) is 8.16. The fraction of sp³-hybridized carbons (Fsp3) is 0.684. The number of fused-ring (bicyclic) bond motifs is 1. The van der Waals surface area contributed by atoms with Gasteiger partial charge in [-0.2, -0.15) is 0 Å². The summed E-state index contributed by atoms with van der Waals surface area (Å²) in [6.45, 7) is 4.99. The second-order valence-electron chi connectivity index (χ2n) is 7.16. The van der Waals surface area contributed by atoms with Crippen LogP contribution in [0.4, 0.5) is 5.69 Å². The first kappa shape index (κ1) is 13.6. The Labute approximate surface area is 129 Å². The molecule has 0 aromatic heterocycles. The van der Waals surface area contributed by atoms with Crippen LogP contribution >= 0.6 is 0 Å². The molecular weight excluding hydrogens is 256 g/mol. The fourth-order valence-electron chi connectivity index (χ4n) is 4.49. The molecule has 2 heteroatoms. The van der Waals surface area contributed by atoms with Crippen LogP contribution in [0, 0.1) is 0 Å². The van der Waals surface area contributed by atoms with Crippen molar-refractivity contribution in [3.8, 4) is 0 Å². The molecule has 3 aliphatic rings. The summed E-state index contributed by atoms with van der Waals surface area (Å²) in [5, 5.41) is 0. The van der Waals surface area contributed by atoms with Gasteiger partial charge in [0.2, 0.25) is 0 Å². The first-order valence-electron chi connectivity index (χ1n) is 9.01. The third-order valence-electron chi connectivity index (χ3n) is 5.79. The van der Waals surface area contributed by atoms with Crippen molar-refractivity contribution in [3.63, 3.8) is 0 Å². The second-order valence-corrected chi connectivity index (χ2v) is 7.16. The molecule has 114 valence electrons. The highest BCUT2D eigenvalue weighted by molar-refractivity contribution is 5.52. The number of benzene rings is 1. The molecule has 1 aliphatic carbocycles. The number of nitrogens with zero attached hydrogens (tertiary/aromatic N) is 2. The van der Waals surface area contributed by atoms with Crippen LogP contribution in [0.1, 0.15) is 56.1 Å². The standard InChI is InChI=1S/C19H28N2/c1-4-11-20(12-5-1)19-9-8-17-15-21(13-10-16(17)14-19)18-6-2-3-7-18/h8-9,14,18H,1-7,10-13,15H2. The average molecular weight is 284 g/mol. The van der Waals surface area contributed by atoms with Crippen LogP contribution in [0.3, 0.4) is 0 Å². The molecule has 2 fully saturated rings. The Balaban J connectivity index is 1.49. The number of hydrogen-bond acceptors (Lipinski definition) is 2. The zero-order valence-electron chi connectivity index (χ0n) is 13.2. The highest BCUT2D eigenvalue weighted by Gasteiger charge is 2.26. The van der Waals surface area contributed by atoms with Crippen LogP contribution in [0.5, 0.6) is 0 Å². The van der Waals surface area contributed by atoms with Crippen LogP contribution in [0.25, 0.3) is 0 Å². The first-order chi connectivity index (χ1) is 10.4. The predicted octanol–water partition coefficient (Wildman–Crippen LogP) is 3.98. The molecule has 1 saturated carbocycles. The molecule has 2 aliphatic heterocycles. The van der Waals surface area contributed by atoms with Crippen molar-refractivity contribution in [2.24, 2.45) is 0 Å². The summed E-state index contributed by atoms with van der Waals surface area (Å²) >= 11 is 0. The molecule has 21 heavy (non-hydrogen) atoms.